The topological polar surface area (TPSA) is 148 Å². The lowest BCUT2D eigenvalue weighted by Gasteiger charge is -2.42. The second-order valence-corrected chi connectivity index (χ2v) is 6.45. The fourth-order valence-electron chi connectivity index (χ4n) is 2.93. The first-order valence-corrected chi connectivity index (χ1v) is 7.91. The number of nitrogens with one attached hydrogen (secondary N) is 1. The van der Waals surface area contributed by atoms with E-state index in [2.05, 4.69) is 15.3 Å². The Bertz CT molecular complexity index is 644. The number of nitrogens with two attached hydrogens (primary N) is 1. The molecule has 24 heavy (non-hydrogen) atoms. The van der Waals surface area contributed by atoms with E-state index in [9.17, 15) is 14.9 Å². The number of hydrogen-bond acceptors (Lipinski definition) is 8. The average Bonchev–Trinajstić information content (AvgIpc) is 3.24. The minimum atomic E-state index is -0.807. The number of carbonyl (C=O) groups is 1. The summed E-state index contributed by atoms with van der Waals surface area (Å²) in [6.07, 6.45) is 5.03. The van der Waals surface area contributed by atoms with Crippen LogP contribution < -0.4 is 11.1 Å². The highest BCUT2D eigenvalue weighted by molar-refractivity contribution is 5.69. The SMILES string of the molecule is Nc1nc(NC2CC(N(CC(=O)O)CC3CC3)C2)ncc1[N+](=O)[O-]. The number of carboxylic acid groups (broad SMARTS) is 1. The Morgan fingerprint density at radius 3 is 2.75 bits per heavy atom. The third-order valence-electron chi connectivity index (χ3n) is 4.49. The molecular weight excluding hydrogens is 316 g/mol. The van der Waals surface area contributed by atoms with Crippen molar-refractivity contribution in [2.45, 2.75) is 37.8 Å². The monoisotopic (exact) mass is 336 g/mol. The van der Waals surface area contributed by atoms with Gasteiger partial charge in [-0.2, -0.15) is 4.98 Å². The van der Waals surface area contributed by atoms with Crippen LogP contribution in [-0.4, -0.2) is 56.0 Å². The molecular formula is C14H20N6O4. The standard InChI is InChI=1S/C14H20N6O4/c15-13-11(20(23)24)5-16-14(18-13)17-9-3-10(4-9)19(7-12(21)22)6-8-1-2-8/h5,8-10H,1-4,6-7H2,(H,21,22)(H3,15,16,17,18). The van der Waals surface area contributed by atoms with Gasteiger partial charge >= 0.3 is 11.7 Å². The minimum Gasteiger partial charge on any atom is -0.480 e. The van der Waals surface area contributed by atoms with Gasteiger partial charge in [0.2, 0.25) is 11.8 Å². The van der Waals surface area contributed by atoms with E-state index in [0.717, 1.165) is 25.6 Å². The van der Waals surface area contributed by atoms with Crippen LogP contribution in [0.15, 0.2) is 6.20 Å². The molecule has 0 radical (unpaired) electrons. The van der Waals surface area contributed by atoms with Crippen molar-refractivity contribution < 1.29 is 14.8 Å². The molecule has 4 N–H and O–H groups in total. The summed E-state index contributed by atoms with van der Waals surface area (Å²) >= 11 is 0. The summed E-state index contributed by atoms with van der Waals surface area (Å²) in [4.78, 5) is 30.9. The Morgan fingerprint density at radius 1 is 1.50 bits per heavy atom. The van der Waals surface area contributed by atoms with E-state index in [1.807, 2.05) is 4.90 Å². The summed E-state index contributed by atoms with van der Waals surface area (Å²) in [6, 6.07) is 0.348. The maximum Gasteiger partial charge on any atom is 0.329 e. The first-order valence-electron chi connectivity index (χ1n) is 7.91. The van der Waals surface area contributed by atoms with E-state index in [1.165, 1.54) is 12.8 Å². The van der Waals surface area contributed by atoms with Crippen LogP contribution in [0, 0.1) is 16.0 Å². The number of hydrogen-bond donors (Lipinski definition) is 3. The summed E-state index contributed by atoms with van der Waals surface area (Å²) in [6.45, 7) is 0.902. The maximum absolute atomic E-state index is 11.0. The number of rotatable bonds is 8. The molecule has 0 spiro atoms. The predicted molar refractivity (Wildman–Crippen MR) is 85.5 cm³/mol. The van der Waals surface area contributed by atoms with E-state index in [4.69, 9.17) is 10.8 Å². The van der Waals surface area contributed by atoms with Crippen molar-refractivity contribution in [1.82, 2.24) is 14.9 Å². The lowest BCUT2D eigenvalue weighted by molar-refractivity contribution is -0.384. The zero-order valence-electron chi connectivity index (χ0n) is 13.1. The number of nitrogen functional groups attached to an aromatic ring is 1. The molecule has 1 aromatic rings. The zero-order valence-corrected chi connectivity index (χ0v) is 13.1. The second-order valence-electron chi connectivity index (χ2n) is 6.45. The average molecular weight is 336 g/mol. The molecule has 10 heteroatoms. The van der Waals surface area contributed by atoms with Gasteiger partial charge in [0.15, 0.2) is 0 Å². The van der Waals surface area contributed by atoms with E-state index in [-0.39, 0.29) is 36.1 Å². The van der Waals surface area contributed by atoms with Crippen molar-refractivity contribution in [3.8, 4) is 0 Å². The molecule has 2 aliphatic rings. The van der Waals surface area contributed by atoms with Gasteiger partial charge in [-0.05, 0) is 31.6 Å². The van der Waals surface area contributed by atoms with Gasteiger partial charge in [0, 0.05) is 18.6 Å². The van der Waals surface area contributed by atoms with Gasteiger partial charge in [-0.1, -0.05) is 0 Å². The summed E-state index contributed by atoms with van der Waals surface area (Å²) in [5, 5.41) is 22.8. The van der Waals surface area contributed by atoms with Crippen LogP contribution in [-0.2, 0) is 4.79 Å². The Labute approximate surface area is 138 Å². The molecule has 0 saturated heterocycles. The van der Waals surface area contributed by atoms with Crippen LogP contribution in [0.25, 0.3) is 0 Å². The van der Waals surface area contributed by atoms with Crippen LogP contribution in [0.1, 0.15) is 25.7 Å². The second kappa shape index (κ2) is 6.56. The largest absolute Gasteiger partial charge is 0.480 e. The third kappa shape index (κ3) is 3.88. The highest BCUT2D eigenvalue weighted by Gasteiger charge is 2.37. The molecule has 0 aliphatic heterocycles. The molecule has 10 nitrogen and oxygen atoms in total. The van der Waals surface area contributed by atoms with Crippen molar-refractivity contribution in [3.63, 3.8) is 0 Å². The maximum atomic E-state index is 11.0. The van der Waals surface area contributed by atoms with Gasteiger partial charge in [-0.3, -0.25) is 19.8 Å². The quantitative estimate of drug-likeness (QED) is 0.461. The summed E-state index contributed by atoms with van der Waals surface area (Å²) < 4.78 is 0. The number of nitro groups is 1. The molecule has 130 valence electrons. The molecule has 0 aromatic carbocycles. The Morgan fingerprint density at radius 2 is 2.21 bits per heavy atom. The van der Waals surface area contributed by atoms with Gasteiger partial charge in [-0.25, -0.2) is 4.98 Å². The molecule has 0 unspecified atom stereocenters. The lowest BCUT2D eigenvalue weighted by Crippen LogP contribution is -2.52. The molecule has 1 aromatic heterocycles. The molecule has 0 bridgehead atoms. The first-order chi connectivity index (χ1) is 11.4. The van der Waals surface area contributed by atoms with Crippen LogP contribution in [0.2, 0.25) is 0 Å². The molecule has 2 aliphatic carbocycles. The van der Waals surface area contributed by atoms with Gasteiger partial charge in [0.25, 0.3) is 0 Å². The normalized spacial score (nSPS) is 22.9. The molecule has 1 heterocycles. The van der Waals surface area contributed by atoms with E-state index >= 15 is 0 Å². The fourth-order valence-corrected chi connectivity index (χ4v) is 2.93. The van der Waals surface area contributed by atoms with Crippen molar-refractivity contribution in [2.24, 2.45) is 5.92 Å². The van der Waals surface area contributed by atoms with Crippen molar-refractivity contribution in [2.75, 3.05) is 24.1 Å². The smallest absolute Gasteiger partial charge is 0.329 e. The van der Waals surface area contributed by atoms with Gasteiger partial charge < -0.3 is 16.2 Å². The lowest BCUT2D eigenvalue weighted by atomic mass is 9.85. The van der Waals surface area contributed by atoms with Crippen molar-refractivity contribution in [1.29, 1.82) is 0 Å². The molecule has 2 fully saturated rings. The van der Waals surface area contributed by atoms with Crippen LogP contribution >= 0.6 is 0 Å². The number of carboxylic acids is 1. The van der Waals surface area contributed by atoms with Crippen LogP contribution in [0.4, 0.5) is 17.5 Å². The highest BCUT2D eigenvalue weighted by Crippen LogP contribution is 2.34. The number of aromatic nitrogens is 2. The highest BCUT2D eigenvalue weighted by atomic mass is 16.6. The Kier molecular flexibility index (Phi) is 4.47. The molecule has 3 rings (SSSR count). The van der Waals surface area contributed by atoms with Gasteiger partial charge in [0.05, 0.1) is 11.5 Å². The number of anilines is 2. The zero-order chi connectivity index (χ0) is 17.3. The Balaban J connectivity index is 1.53. The minimum absolute atomic E-state index is 0.0644. The van der Waals surface area contributed by atoms with Gasteiger partial charge in [0.1, 0.15) is 6.20 Å². The predicted octanol–water partition coefficient (Wildman–Crippen LogP) is 0.706. The van der Waals surface area contributed by atoms with E-state index < -0.39 is 10.9 Å². The number of aliphatic carboxylic acids is 1. The first kappa shape index (κ1) is 16.4. The van der Waals surface area contributed by atoms with Crippen LogP contribution in [0.3, 0.4) is 0 Å². The van der Waals surface area contributed by atoms with E-state index in [1.54, 1.807) is 0 Å². The van der Waals surface area contributed by atoms with E-state index in [0.29, 0.717) is 5.92 Å². The number of nitrogens with zero attached hydrogens (tertiary/aromatic N) is 4. The molecule has 0 atom stereocenters. The Hall–Kier alpha value is -2.49. The fraction of sp³-hybridized carbons (Fsp3) is 0.643. The van der Waals surface area contributed by atoms with Crippen molar-refractivity contribution in [3.05, 3.63) is 16.3 Å². The summed E-state index contributed by atoms with van der Waals surface area (Å²) in [5.41, 5.74) is 5.23. The third-order valence-corrected chi connectivity index (χ3v) is 4.49. The van der Waals surface area contributed by atoms with Crippen molar-refractivity contribution >= 4 is 23.4 Å². The van der Waals surface area contributed by atoms with Crippen LogP contribution in [0.5, 0.6) is 0 Å². The van der Waals surface area contributed by atoms with Gasteiger partial charge in [-0.15, -0.1) is 0 Å². The summed E-state index contributed by atoms with van der Waals surface area (Å²) in [7, 11) is 0. The molecule has 0 amide bonds. The molecule has 2 saturated carbocycles. The summed E-state index contributed by atoms with van der Waals surface area (Å²) in [5.74, 6) is -0.0872.